The van der Waals surface area contributed by atoms with E-state index >= 15 is 0 Å². The van der Waals surface area contributed by atoms with Crippen LogP contribution in [0.4, 0.5) is 0 Å². The minimum absolute atomic E-state index is 0.406. The first-order valence-electron chi connectivity index (χ1n) is 3.20. The highest BCUT2D eigenvalue weighted by molar-refractivity contribution is 8.10. The first-order chi connectivity index (χ1) is 5.70. The molecule has 0 heterocycles. The predicted molar refractivity (Wildman–Crippen MR) is 54.3 cm³/mol. The summed E-state index contributed by atoms with van der Waals surface area (Å²) >= 11 is 5.78. The molecule has 1 aromatic rings. The number of rotatable bonds is 2. The lowest BCUT2D eigenvalue weighted by Gasteiger charge is -1.95. The van der Waals surface area contributed by atoms with Crippen LogP contribution in [0.3, 0.4) is 0 Å². The second-order valence-corrected chi connectivity index (χ2v) is 4.13. The fourth-order valence-corrected chi connectivity index (χ4v) is 1.82. The topological polar surface area (TPSA) is 17.1 Å². The van der Waals surface area contributed by atoms with Crippen molar-refractivity contribution in [3.8, 4) is 0 Å². The van der Waals surface area contributed by atoms with Crippen molar-refractivity contribution in [2.45, 2.75) is 0 Å². The van der Waals surface area contributed by atoms with Crippen molar-refractivity contribution in [2.24, 2.45) is 0 Å². The lowest BCUT2D eigenvalue weighted by Crippen LogP contribution is -1.76. The molecule has 1 nitrogen and oxygen atoms in total. The van der Waals surface area contributed by atoms with Crippen molar-refractivity contribution in [3.05, 3.63) is 41.3 Å². The molecule has 0 saturated heterocycles. The molecule has 0 bridgehead atoms. The SMILES string of the molecule is O=S(Cl)/C=C(\Cl)c1ccccc1. The molecule has 0 aliphatic rings. The van der Waals surface area contributed by atoms with Crippen LogP contribution in [0.25, 0.3) is 5.03 Å². The van der Waals surface area contributed by atoms with Gasteiger partial charge in [0.25, 0.3) is 0 Å². The molecule has 0 amide bonds. The molecule has 0 N–H and O–H groups in total. The summed E-state index contributed by atoms with van der Waals surface area (Å²) in [5.74, 6) is 0. The van der Waals surface area contributed by atoms with Gasteiger partial charge in [-0.1, -0.05) is 41.9 Å². The molecule has 0 spiro atoms. The summed E-state index contributed by atoms with van der Waals surface area (Å²) in [6.07, 6.45) is 0. The highest BCUT2D eigenvalue weighted by Gasteiger charge is 1.97. The van der Waals surface area contributed by atoms with Gasteiger partial charge in [-0.3, -0.25) is 0 Å². The van der Waals surface area contributed by atoms with Crippen molar-refractivity contribution in [3.63, 3.8) is 0 Å². The minimum atomic E-state index is -1.52. The Morgan fingerprint density at radius 3 is 2.42 bits per heavy atom. The van der Waals surface area contributed by atoms with Crippen LogP contribution in [0.2, 0.25) is 0 Å². The standard InChI is InChI=1S/C8H6Cl2OS/c9-8(6-12(10)11)7-4-2-1-3-5-7/h1-6H/b8-6-. The molecule has 4 heteroatoms. The second kappa shape index (κ2) is 4.65. The molecular formula is C8H6Cl2OS. The molecule has 0 fully saturated rings. The Hall–Kier alpha value is -0.310. The van der Waals surface area contributed by atoms with Gasteiger partial charge in [-0.05, 0) is 16.2 Å². The lowest BCUT2D eigenvalue weighted by atomic mass is 10.2. The van der Waals surface area contributed by atoms with Crippen molar-refractivity contribution in [1.82, 2.24) is 0 Å². The fourth-order valence-electron chi connectivity index (χ4n) is 0.747. The number of hydrogen-bond acceptors (Lipinski definition) is 1. The van der Waals surface area contributed by atoms with Gasteiger partial charge >= 0.3 is 0 Å². The number of hydrogen-bond donors (Lipinski definition) is 0. The maximum atomic E-state index is 10.5. The Morgan fingerprint density at radius 1 is 1.33 bits per heavy atom. The monoisotopic (exact) mass is 220 g/mol. The second-order valence-electron chi connectivity index (χ2n) is 2.08. The van der Waals surface area contributed by atoms with E-state index in [-0.39, 0.29) is 0 Å². The zero-order valence-electron chi connectivity index (χ0n) is 6.04. The Balaban J connectivity index is 2.93. The minimum Gasteiger partial charge on any atom is -0.238 e. The highest BCUT2D eigenvalue weighted by atomic mass is 35.7. The molecule has 12 heavy (non-hydrogen) atoms. The van der Waals surface area contributed by atoms with Gasteiger partial charge in [0.05, 0.1) is 5.03 Å². The molecule has 1 rings (SSSR count). The zero-order valence-corrected chi connectivity index (χ0v) is 8.36. The van der Waals surface area contributed by atoms with Gasteiger partial charge < -0.3 is 0 Å². The van der Waals surface area contributed by atoms with Crippen LogP contribution in [-0.4, -0.2) is 4.21 Å². The largest absolute Gasteiger partial charge is 0.238 e. The average molecular weight is 221 g/mol. The van der Waals surface area contributed by atoms with E-state index < -0.39 is 10.0 Å². The van der Waals surface area contributed by atoms with E-state index in [1.54, 1.807) is 0 Å². The smallest absolute Gasteiger partial charge is 0.141 e. The van der Waals surface area contributed by atoms with E-state index in [0.29, 0.717) is 5.03 Å². The van der Waals surface area contributed by atoms with Gasteiger partial charge in [0, 0.05) is 5.41 Å². The third-order valence-corrected chi connectivity index (χ3v) is 2.39. The summed E-state index contributed by atoms with van der Waals surface area (Å²) < 4.78 is 10.5. The van der Waals surface area contributed by atoms with E-state index in [0.717, 1.165) is 5.56 Å². The molecule has 1 unspecified atom stereocenters. The van der Waals surface area contributed by atoms with E-state index in [4.69, 9.17) is 22.3 Å². The van der Waals surface area contributed by atoms with E-state index in [1.165, 1.54) is 5.41 Å². The zero-order chi connectivity index (χ0) is 8.97. The summed E-state index contributed by atoms with van der Waals surface area (Å²) in [6, 6.07) is 9.22. The van der Waals surface area contributed by atoms with Gasteiger partial charge in [0.15, 0.2) is 0 Å². The maximum absolute atomic E-state index is 10.5. The van der Waals surface area contributed by atoms with Crippen LogP contribution >= 0.6 is 22.3 Å². The van der Waals surface area contributed by atoms with Crippen molar-refractivity contribution in [2.75, 3.05) is 0 Å². The van der Waals surface area contributed by atoms with E-state index in [9.17, 15) is 4.21 Å². The quantitative estimate of drug-likeness (QED) is 0.701. The van der Waals surface area contributed by atoms with Crippen LogP contribution in [0.5, 0.6) is 0 Å². The fraction of sp³-hybridized carbons (Fsp3) is 0. The molecule has 0 aromatic heterocycles. The first-order valence-corrected chi connectivity index (χ1v) is 5.61. The van der Waals surface area contributed by atoms with Gasteiger partial charge in [0.1, 0.15) is 10.0 Å². The first kappa shape index (κ1) is 9.78. The van der Waals surface area contributed by atoms with Crippen molar-refractivity contribution in [1.29, 1.82) is 0 Å². The van der Waals surface area contributed by atoms with Gasteiger partial charge in [-0.25, -0.2) is 4.21 Å². The van der Waals surface area contributed by atoms with E-state index in [2.05, 4.69) is 0 Å². The molecule has 0 aliphatic heterocycles. The molecular weight excluding hydrogens is 215 g/mol. The van der Waals surface area contributed by atoms with Gasteiger partial charge in [-0.15, -0.1) is 0 Å². The third-order valence-electron chi connectivity index (χ3n) is 1.25. The predicted octanol–water partition coefficient (Wildman–Crippen LogP) is 3.13. The molecule has 1 atom stereocenters. The highest BCUT2D eigenvalue weighted by Crippen LogP contribution is 2.19. The molecule has 1 aromatic carbocycles. The van der Waals surface area contributed by atoms with Crippen molar-refractivity contribution >= 4 is 37.3 Å². The Bertz CT molecular complexity index is 308. The van der Waals surface area contributed by atoms with Crippen molar-refractivity contribution < 1.29 is 4.21 Å². The number of benzene rings is 1. The Kier molecular flexibility index (Phi) is 3.79. The molecule has 0 saturated carbocycles. The van der Waals surface area contributed by atoms with Gasteiger partial charge in [0.2, 0.25) is 0 Å². The summed E-state index contributed by atoms with van der Waals surface area (Å²) in [7, 11) is 3.72. The van der Waals surface area contributed by atoms with Crippen LogP contribution in [0.15, 0.2) is 35.7 Å². The van der Waals surface area contributed by atoms with Gasteiger partial charge in [-0.2, -0.15) is 0 Å². The summed E-state index contributed by atoms with van der Waals surface area (Å²) in [6.45, 7) is 0. The molecule has 0 radical (unpaired) electrons. The van der Waals surface area contributed by atoms with Crippen LogP contribution in [-0.2, 0) is 10.0 Å². The number of halogens is 2. The third kappa shape index (κ3) is 2.97. The maximum Gasteiger partial charge on any atom is 0.141 e. The normalized spacial score (nSPS) is 14.3. The van der Waals surface area contributed by atoms with Crippen LogP contribution < -0.4 is 0 Å². The van der Waals surface area contributed by atoms with E-state index in [1.807, 2.05) is 30.3 Å². The van der Waals surface area contributed by atoms with Crippen LogP contribution in [0.1, 0.15) is 5.56 Å². The van der Waals surface area contributed by atoms with Crippen LogP contribution in [0, 0.1) is 0 Å². The molecule has 64 valence electrons. The lowest BCUT2D eigenvalue weighted by molar-refractivity contribution is 0.696. The average Bonchev–Trinajstić information content (AvgIpc) is 2.05. The Labute approximate surface area is 83.0 Å². The summed E-state index contributed by atoms with van der Waals surface area (Å²) in [4.78, 5) is 0. The Morgan fingerprint density at radius 2 is 1.92 bits per heavy atom. The summed E-state index contributed by atoms with van der Waals surface area (Å²) in [5, 5.41) is 1.70. The summed E-state index contributed by atoms with van der Waals surface area (Å²) in [5.41, 5.74) is 0.813. The molecule has 0 aliphatic carbocycles.